The van der Waals surface area contributed by atoms with Crippen LogP contribution in [0.25, 0.3) is 0 Å². The molecule has 290 valence electrons. The summed E-state index contributed by atoms with van der Waals surface area (Å²) in [5.74, 6) is -0.0893. The van der Waals surface area contributed by atoms with E-state index in [0.29, 0.717) is 19.3 Å². The van der Waals surface area contributed by atoms with Crippen LogP contribution in [0.4, 0.5) is 0 Å². The first-order valence-corrected chi connectivity index (χ1v) is 21.4. The second-order valence-corrected chi connectivity index (χ2v) is 15.1. The zero-order valence-electron chi connectivity index (χ0n) is 33.1. The fourth-order valence-corrected chi connectivity index (χ4v) is 6.27. The molecule has 0 aromatic carbocycles. The Morgan fingerprint density at radius 3 is 1.00 bits per heavy atom. The third kappa shape index (κ3) is 37.5. The Bertz CT molecular complexity index is 736. The van der Waals surface area contributed by atoms with Gasteiger partial charge in [-0.3, -0.25) is 14.4 Å². The van der Waals surface area contributed by atoms with Gasteiger partial charge < -0.3 is 14.2 Å². The summed E-state index contributed by atoms with van der Waals surface area (Å²) in [4.78, 5) is 37.4. The van der Waals surface area contributed by atoms with Crippen LogP contribution in [-0.2, 0) is 28.6 Å². The van der Waals surface area contributed by atoms with Gasteiger partial charge in [0.05, 0.1) is 0 Å². The van der Waals surface area contributed by atoms with Crippen molar-refractivity contribution in [3.05, 3.63) is 0 Å². The lowest BCUT2D eigenvalue weighted by molar-refractivity contribution is -0.167. The largest absolute Gasteiger partial charge is 0.462 e. The molecule has 0 rings (SSSR count). The molecule has 0 N–H and O–H groups in total. The molecule has 0 unspecified atom stereocenters. The summed E-state index contributed by atoms with van der Waals surface area (Å²) < 4.78 is 16.6. The number of rotatable bonds is 38. The van der Waals surface area contributed by atoms with Gasteiger partial charge in [-0.1, -0.05) is 195 Å². The van der Waals surface area contributed by atoms with Gasteiger partial charge in [0.1, 0.15) is 13.2 Å². The van der Waals surface area contributed by atoms with Crippen LogP contribution in [0.3, 0.4) is 0 Å². The Labute approximate surface area is 304 Å². The maximum absolute atomic E-state index is 12.6. The SMILES string of the molecule is CCCCCCCCCCCCCCCCC(=O)OC[C@@H](COC(=O)CCCCCCCCC)OC(=O)CCCCCCCCCC(C)C. The van der Waals surface area contributed by atoms with Crippen LogP contribution < -0.4 is 0 Å². The number of unbranched alkanes of at least 4 members (excludes halogenated alkanes) is 25. The van der Waals surface area contributed by atoms with Crippen molar-refractivity contribution < 1.29 is 28.6 Å². The first-order chi connectivity index (χ1) is 23.9. The van der Waals surface area contributed by atoms with Crippen molar-refractivity contribution >= 4 is 17.9 Å². The summed E-state index contributed by atoms with van der Waals surface area (Å²) in [6.45, 7) is 8.89. The van der Waals surface area contributed by atoms with Crippen LogP contribution in [0.15, 0.2) is 0 Å². The van der Waals surface area contributed by atoms with E-state index in [4.69, 9.17) is 14.2 Å². The van der Waals surface area contributed by atoms with Crippen molar-refractivity contribution in [2.75, 3.05) is 13.2 Å². The van der Waals surface area contributed by atoms with E-state index in [9.17, 15) is 14.4 Å². The summed E-state index contributed by atoms with van der Waals surface area (Å²) >= 11 is 0. The highest BCUT2D eigenvalue weighted by atomic mass is 16.6. The molecule has 0 aromatic heterocycles. The fourth-order valence-electron chi connectivity index (χ4n) is 6.27. The Kier molecular flexibility index (Phi) is 36.4. The molecular weight excluding hydrogens is 612 g/mol. The van der Waals surface area contributed by atoms with Crippen molar-refractivity contribution in [3.63, 3.8) is 0 Å². The highest BCUT2D eigenvalue weighted by molar-refractivity contribution is 5.71. The highest BCUT2D eigenvalue weighted by Gasteiger charge is 2.19. The van der Waals surface area contributed by atoms with Gasteiger partial charge in [-0.15, -0.1) is 0 Å². The summed E-state index contributed by atoms with van der Waals surface area (Å²) in [5.41, 5.74) is 0. The maximum atomic E-state index is 12.6. The van der Waals surface area contributed by atoms with Gasteiger partial charge in [0, 0.05) is 19.3 Å². The van der Waals surface area contributed by atoms with Crippen molar-refractivity contribution in [3.8, 4) is 0 Å². The van der Waals surface area contributed by atoms with Crippen LogP contribution in [0.5, 0.6) is 0 Å². The minimum atomic E-state index is -0.758. The third-order valence-electron chi connectivity index (χ3n) is 9.54. The van der Waals surface area contributed by atoms with E-state index in [1.807, 2.05) is 0 Å². The second-order valence-electron chi connectivity index (χ2n) is 15.1. The molecule has 0 fully saturated rings. The van der Waals surface area contributed by atoms with Crippen LogP contribution in [0.2, 0.25) is 0 Å². The first-order valence-electron chi connectivity index (χ1n) is 21.4. The number of hydrogen-bond donors (Lipinski definition) is 0. The minimum Gasteiger partial charge on any atom is -0.462 e. The van der Waals surface area contributed by atoms with E-state index in [1.54, 1.807) is 0 Å². The number of esters is 3. The van der Waals surface area contributed by atoms with Crippen molar-refractivity contribution in [1.29, 1.82) is 0 Å². The van der Waals surface area contributed by atoms with Crippen molar-refractivity contribution in [1.82, 2.24) is 0 Å². The molecule has 0 saturated carbocycles. The molecule has 6 nitrogen and oxygen atoms in total. The van der Waals surface area contributed by atoms with Gasteiger partial charge in [0.25, 0.3) is 0 Å². The van der Waals surface area contributed by atoms with Crippen molar-refractivity contribution in [2.45, 2.75) is 239 Å². The highest BCUT2D eigenvalue weighted by Crippen LogP contribution is 2.15. The average molecular weight is 695 g/mol. The number of carbonyl (C=O) groups is 3. The summed E-state index contributed by atoms with van der Waals surface area (Å²) in [6.07, 6.45) is 35.3. The van der Waals surface area contributed by atoms with E-state index in [-0.39, 0.29) is 31.1 Å². The van der Waals surface area contributed by atoms with E-state index in [1.165, 1.54) is 128 Å². The van der Waals surface area contributed by atoms with Crippen LogP contribution in [0, 0.1) is 5.92 Å². The lowest BCUT2D eigenvalue weighted by Gasteiger charge is -2.18. The van der Waals surface area contributed by atoms with Gasteiger partial charge in [0.15, 0.2) is 6.10 Å². The van der Waals surface area contributed by atoms with Gasteiger partial charge >= 0.3 is 17.9 Å². The first kappa shape index (κ1) is 47.4. The third-order valence-corrected chi connectivity index (χ3v) is 9.54. The molecule has 0 amide bonds. The standard InChI is InChI=1S/C43H82O6/c1-5-7-9-11-13-14-15-16-17-18-19-23-27-31-35-42(45)48-38-40(37-47-41(44)34-30-26-21-12-10-8-6-2)49-43(46)36-32-28-24-20-22-25-29-33-39(3)4/h39-40H,5-38H2,1-4H3/t40-/m1/s1. The Hall–Kier alpha value is -1.59. The summed E-state index contributed by atoms with van der Waals surface area (Å²) in [6, 6.07) is 0. The fraction of sp³-hybridized carbons (Fsp3) is 0.930. The molecule has 0 aromatic rings. The Morgan fingerprint density at radius 1 is 0.388 bits per heavy atom. The van der Waals surface area contributed by atoms with Gasteiger partial charge in [-0.2, -0.15) is 0 Å². The molecule has 0 saturated heterocycles. The zero-order chi connectivity index (χ0) is 36.0. The predicted molar refractivity (Wildman–Crippen MR) is 206 cm³/mol. The molecule has 1 atom stereocenters. The predicted octanol–water partition coefficient (Wildman–Crippen LogP) is 13.2. The lowest BCUT2D eigenvalue weighted by atomic mass is 10.0. The minimum absolute atomic E-state index is 0.0652. The average Bonchev–Trinajstić information content (AvgIpc) is 3.08. The van der Waals surface area contributed by atoms with Gasteiger partial charge in [-0.05, 0) is 25.2 Å². The molecule has 49 heavy (non-hydrogen) atoms. The number of carbonyl (C=O) groups excluding carboxylic acids is 3. The molecule has 0 radical (unpaired) electrons. The maximum Gasteiger partial charge on any atom is 0.306 e. The normalized spacial score (nSPS) is 11.9. The quantitative estimate of drug-likeness (QED) is 0.0364. The molecule has 0 heterocycles. The van der Waals surface area contributed by atoms with Gasteiger partial charge in [-0.25, -0.2) is 0 Å². The van der Waals surface area contributed by atoms with Gasteiger partial charge in [0.2, 0.25) is 0 Å². The zero-order valence-corrected chi connectivity index (χ0v) is 33.1. The van der Waals surface area contributed by atoms with E-state index < -0.39 is 6.10 Å². The van der Waals surface area contributed by atoms with Crippen LogP contribution >= 0.6 is 0 Å². The van der Waals surface area contributed by atoms with Crippen LogP contribution in [0.1, 0.15) is 233 Å². The molecule has 0 aliphatic rings. The number of hydrogen-bond acceptors (Lipinski definition) is 6. The summed E-state index contributed by atoms with van der Waals surface area (Å²) in [5, 5.41) is 0. The smallest absolute Gasteiger partial charge is 0.306 e. The molecule has 6 heteroatoms. The topological polar surface area (TPSA) is 78.9 Å². The van der Waals surface area contributed by atoms with E-state index in [0.717, 1.165) is 63.7 Å². The Morgan fingerprint density at radius 2 is 0.673 bits per heavy atom. The monoisotopic (exact) mass is 695 g/mol. The van der Waals surface area contributed by atoms with E-state index in [2.05, 4.69) is 27.7 Å². The molecule has 0 aliphatic carbocycles. The van der Waals surface area contributed by atoms with Crippen molar-refractivity contribution in [2.24, 2.45) is 5.92 Å². The lowest BCUT2D eigenvalue weighted by Crippen LogP contribution is -2.30. The molecule has 0 spiro atoms. The van der Waals surface area contributed by atoms with Crippen LogP contribution in [-0.4, -0.2) is 37.2 Å². The Balaban J connectivity index is 4.27. The summed E-state index contributed by atoms with van der Waals surface area (Å²) in [7, 11) is 0. The second kappa shape index (κ2) is 37.7. The molecule has 0 aliphatic heterocycles. The molecular formula is C43H82O6. The molecule has 0 bridgehead atoms. The number of ether oxygens (including phenoxy) is 3. The van der Waals surface area contributed by atoms with E-state index >= 15 is 0 Å².